The second-order valence-corrected chi connectivity index (χ2v) is 7.41. The highest BCUT2D eigenvalue weighted by molar-refractivity contribution is 5.80. The summed E-state index contributed by atoms with van der Waals surface area (Å²) in [7, 11) is 0. The normalized spacial score (nSPS) is 14.5. The summed E-state index contributed by atoms with van der Waals surface area (Å²) in [5.74, 6) is 0. The molecule has 0 unspecified atom stereocenters. The third-order valence-corrected chi connectivity index (χ3v) is 4.95. The zero-order chi connectivity index (χ0) is 19.6. The first kappa shape index (κ1) is 22.0. The minimum absolute atomic E-state index is 0.0466. The van der Waals surface area contributed by atoms with Crippen LogP contribution in [0.2, 0.25) is 0 Å². The lowest BCUT2D eigenvalue weighted by Crippen LogP contribution is -2.17. The quantitative estimate of drug-likeness (QED) is 0.393. The van der Waals surface area contributed by atoms with Gasteiger partial charge >= 0.3 is 0 Å². The molecule has 0 saturated heterocycles. The first-order valence-electron chi connectivity index (χ1n) is 9.81. The molecule has 0 bridgehead atoms. The van der Waals surface area contributed by atoms with Gasteiger partial charge in [-0.05, 0) is 60.8 Å². The van der Waals surface area contributed by atoms with Crippen LogP contribution >= 0.6 is 0 Å². The summed E-state index contributed by atoms with van der Waals surface area (Å²) >= 11 is 0. The molecule has 0 spiro atoms. The van der Waals surface area contributed by atoms with Gasteiger partial charge in [0, 0.05) is 0 Å². The van der Waals surface area contributed by atoms with Crippen molar-refractivity contribution in [2.24, 2.45) is 5.41 Å². The largest absolute Gasteiger partial charge is 0.0991 e. The predicted molar refractivity (Wildman–Crippen MR) is 119 cm³/mol. The van der Waals surface area contributed by atoms with Crippen molar-refractivity contribution >= 4 is 5.57 Å². The SMILES string of the molecule is C=C/C=C\C(CC(C)(C)C(=C/CC)/C(=C\C)c1ccccc1)=C(/C)CC. The van der Waals surface area contributed by atoms with Gasteiger partial charge in [-0.3, -0.25) is 0 Å². The van der Waals surface area contributed by atoms with E-state index >= 15 is 0 Å². The Morgan fingerprint density at radius 1 is 1.12 bits per heavy atom. The smallest absolute Gasteiger partial charge is 0.00604 e. The Labute approximate surface area is 161 Å². The fourth-order valence-corrected chi connectivity index (χ4v) is 3.39. The van der Waals surface area contributed by atoms with Crippen LogP contribution in [0, 0.1) is 5.41 Å². The van der Waals surface area contributed by atoms with Gasteiger partial charge in [0.05, 0.1) is 0 Å². The van der Waals surface area contributed by atoms with Gasteiger partial charge in [-0.25, -0.2) is 0 Å². The molecule has 1 aromatic carbocycles. The maximum Gasteiger partial charge on any atom is -0.00604 e. The zero-order valence-electron chi connectivity index (χ0n) is 17.6. The summed E-state index contributed by atoms with van der Waals surface area (Å²) in [5.41, 5.74) is 6.99. The first-order valence-corrected chi connectivity index (χ1v) is 9.81. The summed E-state index contributed by atoms with van der Waals surface area (Å²) in [5, 5.41) is 0. The average Bonchev–Trinajstić information content (AvgIpc) is 2.65. The number of allylic oxidation sites excluding steroid dienone is 9. The van der Waals surface area contributed by atoms with E-state index in [1.807, 2.05) is 6.08 Å². The van der Waals surface area contributed by atoms with Crippen LogP contribution in [0.25, 0.3) is 5.57 Å². The van der Waals surface area contributed by atoms with Crippen LogP contribution in [0.1, 0.15) is 66.4 Å². The summed E-state index contributed by atoms with van der Waals surface area (Å²) < 4.78 is 0. The molecule has 0 aliphatic carbocycles. The molecule has 0 radical (unpaired) electrons. The fraction of sp³-hybridized carbons (Fsp3) is 0.385. The highest BCUT2D eigenvalue weighted by atomic mass is 14.3. The van der Waals surface area contributed by atoms with Crippen molar-refractivity contribution in [1.29, 1.82) is 0 Å². The summed E-state index contributed by atoms with van der Waals surface area (Å²) in [6.45, 7) is 17.4. The monoisotopic (exact) mass is 348 g/mol. The number of rotatable bonds is 9. The Balaban J connectivity index is 3.36. The third-order valence-electron chi connectivity index (χ3n) is 4.95. The lowest BCUT2D eigenvalue weighted by atomic mass is 9.72. The van der Waals surface area contributed by atoms with E-state index in [1.165, 1.54) is 27.9 Å². The van der Waals surface area contributed by atoms with E-state index in [0.717, 1.165) is 19.3 Å². The lowest BCUT2D eigenvalue weighted by Gasteiger charge is -2.32. The van der Waals surface area contributed by atoms with Crippen molar-refractivity contribution in [1.82, 2.24) is 0 Å². The first-order chi connectivity index (χ1) is 12.4. The molecule has 0 fully saturated rings. The Bertz CT molecular complexity index is 691. The van der Waals surface area contributed by atoms with Gasteiger partial charge in [0.1, 0.15) is 0 Å². The standard InChI is InChI=1S/C26H36/c1-8-12-17-23(21(5)10-3)20-26(6,7)25(16-9-2)24(11-4)22-18-14-13-15-19-22/h8,11-19H,1,9-10,20H2,2-7H3/b17-12-,23-21-,24-11-,25-16+. The van der Waals surface area contributed by atoms with E-state index in [-0.39, 0.29) is 5.41 Å². The Kier molecular flexibility index (Phi) is 9.13. The van der Waals surface area contributed by atoms with Crippen LogP contribution in [0.15, 0.2) is 84.0 Å². The highest BCUT2D eigenvalue weighted by Crippen LogP contribution is 2.42. The molecule has 1 rings (SSSR count). The van der Waals surface area contributed by atoms with Crippen molar-refractivity contribution < 1.29 is 0 Å². The van der Waals surface area contributed by atoms with Crippen LogP contribution in [0.5, 0.6) is 0 Å². The molecule has 1 aromatic rings. The van der Waals surface area contributed by atoms with E-state index in [4.69, 9.17) is 0 Å². The van der Waals surface area contributed by atoms with Crippen LogP contribution in [0.3, 0.4) is 0 Å². The van der Waals surface area contributed by atoms with E-state index < -0.39 is 0 Å². The topological polar surface area (TPSA) is 0 Å². The average molecular weight is 349 g/mol. The summed E-state index contributed by atoms with van der Waals surface area (Å²) in [6.07, 6.45) is 13.9. The van der Waals surface area contributed by atoms with Crippen molar-refractivity contribution in [3.63, 3.8) is 0 Å². The van der Waals surface area contributed by atoms with Crippen LogP contribution in [-0.2, 0) is 0 Å². The van der Waals surface area contributed by atoms with Gasteiger partial charge in [0.25, 0.3) is 0 Å². The molecule has 0 amide bonds. The molecule has 0 heterocycles. The molecule has 140 valence electrons. The van der Waals surface area contributed by atoms with Gasteiger partial charge in [0.2, 0.25) is 0 Å². The molecule has 0 nitrogen and oxygen atoms in total. The number of hydrogen-bond acceptors (Lipinski definition) is 0. The Morgan fingerprint density at radius 3 is 2.27 bits per heavy atom. The maximum atomic E-state index is 3.83. The van der Waals surface area contributed by atoms with Gasteiger partial charge in [0.15, 0.2) is 0 Å². The Hall–Kier alpha value is -2.08. The van der Waals surface area contributed by atoms with E-state index in [1.54, 1.807) is 0 Å². The number of benzene rings is 1. The molecule has 26 heavy (non-hydrogen) atoms. The third kappa shape index (κ3) is 6.02. The minimum atomic E-state index is 0.0466. The van der Waals surface area contributed by atoms with Crippen LogP contribution < -0.4 is 0 Å². The molecule has 0 heteroatoms. The minimum Gasteiger partial charge on any atom is -0.0991 e. The van der Waals surface area contributed by atoms with E-state index in [0.29, 0.717) is 0 Å². The van der Waals surface area contributed by atoms with Gasteiger partial charge in [-0.1, -0.05) is 101 Å². The lowest BCUT2D eigenvalue weighted by molar-refractivity contribution is 0.456. The van der Waals surface area contributed by atoms with Crippen molar-refractivity contribution in [3.05, 3.63) is 89.6 Å². The molecule has 0 saturated carbocycles. The van der Waals surface area contributed by atoms with Gasteiger partial charge in [-0.2, -0.15) is 0 Å². The van der Waals surface area contributed by atoms with Crippen molar-refractivity contribution in [2.75, 3.05) is 0 Å². The second kappa shape index (κ2) is 10.8. The Morgan fingerprint density at radius 2 is 1.77 bits per heavy atom. The van der Waals surface area contributed by atoms with Crippen LogP contribution in [-0.4, -0.2) is 0 Å². The summed E-state index contributed by atoms with van der Waals surface area (Å²) in [4.78, 5) is 0. The fourth-order valence-electron chi connectivity index (χ4n) is 3.39. The molecular formula is C26H36. The molecule has 0 atom stereocenters. The van der Waals surface area contributed by atoms with Crippen molar-refractivity contribution in [3.8, 4) is 0 Å². The molecule has 0 N–H and O–H groups in total. The maximum absolute atomic E-state index is 3.83. The summed E-state index contributed by atoms with van der Waals surface area (Å²) in [6, 6.07) is 10.7. The van der Waals surface area contributed by atoms with E-state index in [2.05, 4.69) is 103 Å². The van der Waals surface area contributed by atoms with E-state index in [9.17, 15) is 0 Å². The number of hydrogen-bond donors (Lipinski definition) is 0. The predicted octanol–water partition coefficient (Wildman–Crippen LogP) is 8.31. The molecular weight excluding hydrogens is 312 g/mol. The highest BCUT2D eigenvalue weighted by Gasteiger charge is 2.27. The van der Waals surface area contributed by atoms with Crippen LogP contribution in [0.4, 0.5) is 0 Å². The molecule has 0 aromatic heterocycles. The van der Waals surface area contributed by atoms with Gasteiger partial charge in [-0.15, -0.1) is 0 Å². The zero-order valence-corrected chi connectivity index (χ0v) is 17.6. The molecule has 0 aliphatic rings. The van der Waals surface area contributed by atoms with Gasteiger partial charge < -0.3 is 0 Å². The molecule has 0 aliphatic heterocycles. The second-order valence-electron chi connectivity index (χ2n) is 7.41. The van der Waals surface area contributed by atoms with Crippen molar-refractivity contribution in [2.45, 2.75) is 60.8 Å².